The molecule has 0 bridgehead atoms. The fraction of sp³-hybridized carbons (Fsp3) is 1.00. The molecular weight excluding hydrogens is 148 g/mol. The quantitative estimate of drug-likeness (QED) is 0.667. The predicted octanol–water partition coefficient (Wildman–Crippen LogP) is 1.22. The molecule has 1 N–H and O–H groups in total. The summed E-state index contributed by atoms with van der Waals surface area (Å²) in [7, 11) is 0. The molecule has 0 amide bonds. The van der Waals surface area contributed by atoms with E-state index >= 15 is 0 Å². The third-order valence-corrected chi connectivity index (χ3v) is 3.23. The topological polar surface area (TPSA) is 15.3 Å². The van der Waals surface area contributed by atoms with Crippen LogP contribution in [-0.2, 0) is 0 Å². The number of hydrogen-bond donors (Lipinski definition) is 1. The molecule has 2 atom stereocenters. The van der Waals surface area contributed by atoms with Crippen LogP contribution < -0.4 is 5.32 Å². The van der Waals surface area contributed by atoms with Crippen molar-refractivity contribution in [2.24, 2.45) is 0 Å². The summed E-state index contributed by atoms with van der Waals surface area (Å²) in [6.07, 6.45) is 5.51. The van der Waals surface area contributed by atoms with Crippen molar-refractivity contribution >= 4 is 0 Å². The van der Waals surface area contributed by atoms with Crippen LogP contribution in [0, 0.1) is 0 Å². The summed E-state index contributed by atoms with van der Waals surface area (Å²) in [5.41, 5.74) is 0. The van der Waals surface area contributed by atoms with E-state index in [0.717, 1.165) is 12.1 Å². The van der Waals surface area contributed by atoms with Crippen molar-refractivity contribution in [2.45, 2.75) is 44.7 Å². The van der Waals surface area contributed by atoms with Crippen molar-refractivity contribution in [3.63, 3.8) is 0 Å². The van der Waals surface area contributed by atoms with Crippen LogP contribution in [0.5, 0.6) is 0 Å². The Morgan fingerprint density at radius 3 is 3.25 bits per heavy atom. The largest absolute Gasteiger partial charge is 0.311 e. The molecular formula is C10H20N2. The van der Waals surface area contributed by atoms with Crippen molar-refractivity contribution in [1.29, 1.82) is 0 Å². The Labute approximate surface area is 75.3 Å². The Bertz CT molecular complexity index is 147. The third-order valence-electron chi connectivity index (χ3n) is 3.23. The van der Waals surface area contributed by atoms with Gasteiger partial charge in [0, 0.05) is 25.2 Å². The van der Waals surface area contributed by atoms with E-state index in [2.05, 4.69) is 17.1 Å². The molecule has 2 heteroatoms. The molecule has 2 heterocycles. The molecule has 0 spiro atoms. The second kappa shape index (κ2) is 3.75. The highest BCUT2D eigenvalue weighted by molar-refractivity contribution is 4.89. The Morgan fingerprint density at radius 2 is 2.42 bits per heavy atom. The van der Waals surface area contributed by atoms with Crippen molar-refractivity contribution in [3.05, 3.63) is 0 Å². The standard InChI is InChI=1S/C10H20N2/c1-2-4-9-8-12-6-3-5-10(12)7-11-9/h9-11H,2-8H2,1H3/t9-,10+/m0/s1. The molecule has 0 aliphatic carbocycles. The van der Waals surface area contributed by atoms with Crippen LogP contribution in [0.4, 0.5) is 0 Å². The molecule has 2 nitrogen and oxygen atoms in total. The highest BCUT2D eigenvalue weighted by Crippen LogP contribution is 2.20. The van der Waals surface area contributed by atoms with E-state index in [0.29, 0.717) is 0 Å². The van der Waals surface area contributed by atoms with E-state index in [9.17, 15) is 0 Å². The summed E-state index contributed by atoms with van der Waals surface area (Å²) in [6, 6.07) is 1.66. The molecule has 0 aromatic carbocycles. The van der Waals surface area contributed by atoms with Crippen LogP contribution in [0.2, 0.25) is 0 Å². The maximum absolute atomic E-state index is 3.65. The van der Waals surface area contributed by atoms with E-state index in [-0.39, 0.29) is 0 Å². The van der Waals surface area contributed by atoms with Gasteiger partial charge in [-0.25, -0.2) is 0 Å². The first-order valence-electron chi connectivity index (χ1n) is 5.37. The zero-order chi connectivity index (χ0) is 8.39. The normalized spacial score (nSPS) is 36.8. The van der Waals surface area contributed by atoms with Gasteiger partial charge in [0.25, 0.3) is 0 Å². The van der Waals surface area contributed by atoms with Gasteiger partial charge in [0.05, 0.1) is 0 Å². The summed E-state index contributed by atoms with van der Waals surface area (Å²) >= 11 is 0. The number of rotatable bonds is 2. The Balaban J connectivity index is 1.84. The molecule has 0 aromatic heterocycles. The molecule has 0 unspecified atom stereocenters. The highest BCUT2D eigenvalue weighted by atomic mass is 15.2. The Morgan fingerprint density at radius 1 is 1.50 bits per heavy atom. The summed E-state index contributed by atoms with van der Waals surface area (Å²) in [5, 5.41) is 3.65. The zero-order valence-electron chi connectivity index (χ0n) is 8.05. The molecule has 2 fully saturated rings. The fourth-order valence-corrected chi connectivity index (χ4v) is 2.56. The second-order valence-corrected chi connectivity index (χ2v) is 4.18. The first-order chi connectivity index (χ1) is 5.90. The zero-order valence-corrected chi connectivity index (χ0v) is 8.05. The smallest absolute Gasteiger partial charge is 0.0221 e. The van der Waals surface area contributed by atoms with Gasteiger partial charge < -0.3 is 5.32 Å². The average molecular weight is 168 g/mol. The van der Waals surface area contributed by atoms with Gasteiger partial charge in [-0.05, 0) is 25.8 Å². The molecule has 0 aromatic rings. The third kappa shape index (κ3) is 1.64. The van der Waals surface area contributed by atoms with Crippen LogP contribution in [0.15, 0.2) is 0 Å². The van der Waals surface area contributed by atoms with Gasteiger partial charge in [-0.2, -0.15) is 0 Å². The lowest BCUT2D eigenvalue weighted by molar-refractivity contribution is 0.168. The number of piperazine rings is 1. The molecule has 0 radical (unpaired) electrons. The maximum Gasteiger partial charge on any atom is 0.0221 e. The minimum Gasteiger partial charge on any atom is -0.311 e. The lowest BCUT2D eigenvalue weighted by Gasteiger charge is -2.36. The first kappa shape index (κ1) is 8.52. The van der Waals surface area contributed by atoms with E-state index < -0.39 is 0 Å². The van der Waals surface area contributed by atoms with Crippen molar-refractivity contribution in [3.8, 4) is 0 Å². The van der Waals surface area contributed by atoms with Crippen LogP contribution in [0.3, 0.4) is 0 Å². The number of hydrogen-bond acceptors (Lipinski definition) is 2. The van der Waals surface area contributed by atoms with Crippen molar-refractivity contribution in [2.75, 3.05) is 19.6 Å². The highest BCUT2D eigenvalue weighted by Gasteiger charge is 2.30. The van der Waals surface area contributed by atoms with Crippen molar-refractivity contribution in [1.82, 2.24) is 10.2 Å². The van der Waals surface area contributed by atoms with Gasteiger partial charge >= 0.3 is 0 Å². The second-order valence-electron chi connectivity index (χ2n) is 4.18. The molecule has 2 rings (SSSR count). The minimum atomic E-state index is 0.782. The van der Waals surface area contributed by atoms with Gasteiger partial charge in [0.15, 0.2) is 0 Å². The lowest BCUT2D eigenvalue weighted by atomic mass is 10.1. The summed E-state index contributed by atoms with van der Waals surface area (Å²) in [5.74, 6) is 0. The molecule has 70 valence electrons. The summed E-state index contributed by atoms with van der Waals surface area (Å²) in [4.78, 5) is 2.68. The van der Waals surface area contributed by atoms with Gasteiger partial charge in [0.2, 0.25) is 0 Å². The number of nitrogens with one attached hydrogen (secondary N) is 1. The average Bonchev–Trinajstić information content (AvgIpc) is 2.51. The molecule has 2 aliphatic heterocycles. The van der Waals surface area contributed by atoms with Crippen LogP contribution in [0.25, 0.3) is 0 Å². The minimum absolute atomic E-state index is 0.782. The molecule has 12 heavy (non-hydrogen) atoms. The molecule has 0 saturated carbocycles. The predicted molar refractivity (Wildman–Crippen MR) is 51.3 cm³/mol. The van der Waals surface area contributed by atoms with E-state index in [4.69, 9.17) is 0 Å². The first-order valence-corrected chi connectivity index (χ1v) is 5.37. The number of fused-ring (bicyclic) bond motifs is 1. The molecule has 2 aliphatic rings. The summed E-state index contributed by atoms with van der Waals surface area (Å²) in [6.45, 7) is 6.17. The Hall–Kier alpha value is -0.0800. The van der Waals surface area contributed by atoms with Crippen molar-refractivity contribution < 1.29 is 0 Å². The van der Waals surface area contributed by atoms with E-state index in [1.54, 1.807) is 0 Å². The number of nitrogens with zero attached hydrogens (tertiary/aromatic N) is 1. The lowest BCUT2D eigenvalue weighted by Crippen LogP contribution is -2.53. The van der Waals surface area contributed by atoms with E-state index in [1.165, 1.54) is 45.3 Å². The molecule has 2 saturated heterocycles. The Kier molecular flexibility index (Phi) is 2.66. The fourth-order valence-electron chi connectivity index (χ4n) is 2.56. The van der Waals surface area contributed by atoms with Crippen LogP contribution in [-0.4, -0.2) is 36.6 Å². The van der Waals surface area contributed by atoms with E-state index in [1.807, 2.05) is 0 Å². The van der Waals surface area contributed by atoms with Gasteiger partial charge in [-0.15, -0.1) is 0 Å². The van der Waals surface area contributed by atoms with Gasteiger partial charge in [-0.3, -0.25) is 4.90 Å². The maximum atomic E-state index is 3.65. The van der Waals surface area contributed by atoms with Crippen LogP contribution in [0.1, 0.15) is 32.6 Å². The SMILES string of the molecule is CCC[C@H]1CN2CCC[C@@H]2CN1. The van der Waals surface area contributed by atoms with Gasteiger partial charge in [0.1, 0.15) is 0 Å². The monoisotopic (exact) mass is 168 g/mol. The van der Waals surface area contributed by atoms with Gasteiger partial charge in [-0.1, -0.05) is 13.3 Å². The van der Waals surface area contributed by atoms with Crippen LogP contribution >= 0.6 is 0 Å². The summed E-state index contributed by atoms with van der Waals surface area (Å²) < 4.78 is 0.